The Morgan fingerprint density at radius 3 is 2.86 bits per heavy atom. The summed E-state index contributed by atoms with van der Waals surface area (Å²) in [6.45, 7) is 0.783. The van der Waals surface area contributed by atoms with Gasteiger partial charge in [0.1, 0.15) is 5.69 Å². The molecule has 1 heterocycles. The van der Waals surface area contributed by atoms with Crippen molar-refractivity contribution >= 4 is 40.2 Å². The van der Waals surface area contributed by atoms with Gasteiger partial charge in [-0.1, -0.05) is 17.7 Å². The molecule has 0 bridgehead atoms. The monoisotopic (exact) mass is 339 g/mol. The fraction of sp³-hybridized carbons (Fsp3) is 0.214. The van der Waals surface area contributed by atoms with Crippen LogP contribution in [0.25, 0.3) is 0 Å². The van der Waals surface area contributed by atoms with E-state index in [1.165, 1.54) is 18.2 Å². The number of rotatable bonds is 6. The predicted octanol–water partition coefficient (Wildman–Crippen LogP) is 3.38. The molecule has 0 unspecified atom stereocenters. The summed E-state index contributed by atoms with van der Waals surface area (Å²) in [5.74, 6) is -0.315. The maximum Gasteiger partial charge on any atom is 0.294 e. The number of nitro benzene ring substituents is 1. The van der Waals surface area contributed by atoms with Crippen molar-refractivity contribution < 1.29 is 9.72 Å². The number of nitro groups is 1. The van der Waals surface area contributed by atoms with Crippen molar-refractivity contribution in [3.63, 3.8) is 0 Å². The fourth-order valence-corrected chi connectivity index (χ4v) is 2.87. The summed E-state index contributed by atoms with van der Waals surface area (Å²) in [6.07, 6.45) is 0. The molecule has 0 aliphatic heterocycles. The molecule has 1 amide bonds. The number of hydrogen-bond donors (Lipinski definition) is 1. The molecule has 2 aromatic rings. The van der Waals surface area contributed by atoms with Gasteiger partial charge in [-0.25, -0.2) is 0 Å². The van der Waals surface area contributed by atoms with Gasteiger partial charge in [-0.3, -0.25) is 19.8 Å². The molecule has 22 heavy (non-hydrogen) atoms. The van der Waals surface area contributed by atoms with Gasteiger partial charge in [0, 0.05) is 22.5 Å². The minimum Gasteiger partial charge on any atom is -0.319 e. The second-order valence-corrected chi connectivity index (χ2v) is 6.19. The van der Waals surface area contributed by atoms with Crippen LogP contribution in [0.2, 0.25) is 5.02 Å². The molecular formula is C14H14ClN3O3S. The normalized spacial score (nSPS) is 10.7. The molecule has 116 valence electrons. The Labute approximate surface area is 136 Å². The Morgan fingerprint density at radius 2 is 2.23 bits per heavy atom. The summed E-state index contributed by atoms with van der Waals surface area (Å²) in [6, 6.07) is 8.08. The lowest BCUT2D eigenvalue weighted by atomic mass is 10.2. The first kappa shape index (κ1) is 16.4. The molecule has 0 fully saturated rings. The van der Waals surface area contributed by atoms with Crippen LogP contribution in [-0.2, 0) is 11.3 Å². The van der Waals surface area contributed by atoms with Crippen LogP contribution in [0, 0.1) is 10.1 Å². The first-order valence-electron chi connectivity index (χ1n) is 6.40. The third kappa shape index (κ3) is 4.52. The number of halogens is 1. The molecule has 1 aromatic heterocycles. The number of carbonyl (C=O) groups excluding carboxylic acids is 1. The summed E-state index contributed by atoms with van der Waals surface area (Å²) in [5.41, 5.74) is -0.0781. The maximum absolute atomic E-state index is 12.0. The number of anilines is 1. The van der Waals surface area contributed by atoms with Crippen molar-refractivity contribution in [1.29, 1.82) is 0 Å². The Morgan fingerprint density at radius 1 is 1.45 bits per heavy atom. The summed E-state index contributed by atoms with van der Waals surface area (Å²) >= 11 is 7.35. The zero-order valence-electron chi connectivity index (χ0n) is 11.8. The zero-order valence-corrected chi connectivity index (χ0v) is 13.4. The fourth-order valence-electron chi connectivity index (χ4n) is 1.92. The number of nitrogens with one attached hydrogen (secondary N) is 1. The zero-order chi connectivity index (χ0) is 16.1. The molecule has 1 aromatic carbocycles. The Hall–Kier alpha value is -1.96. The Balaban J connectivity index is 1.98. The van der Waals surface area contributed by atoms with Crippen LogP contribution >= 0.6 is 22.9 Å². The molecule has 0 saturated heterocycles. The third-order valence-electron chi connectivity index (χ3n) is 2.85. The Kier molecular flexibility index (Phi) is 5.48. The van der Waals surface area contributed by atoms with Crippen molar-refractivity contribution in [1.82, 2.24) is 4.90 Å². The lowest BCUT2D eigenvalue weighted by Crippen LogP contribution is -2.29. The number of amides is 1. The molecular weight excluding hydrogens is 326 g/mol. The number of carbonyl (C=O) groups is 1. The predicted molar refractivity (Wildman–Crippen MR) is 87.4 cm³/mol. The second kappa shape index (κ2) is 7.35. The average Bonchev–Trinajstić information content (AvgIpc) is 2.93. The highest BCUT2D eigenvalue weighted by Gasteiger charge is 2.17. The van der Waals surface area contributed by atoms with E-state index in [1.54, 1.807) is 11.3 Å². The summed E-state index contributed by atoms with van der Waals surface area (Å²) in [5, 5.41) is 15.8. The van der Waals surface area contributed by atoms with E-state index in [0.29, 0.717) is 6.54 Å². The molecule has 1 N–H and O–H groups in total. The van der Waals surface area contributed by atoms with Gasteiger partial charge >= 0.3 is 0 Å². The van der Waals surface area contributed by atoms with E-state index in [0.717, 1.165) is 4.88 Å². The van der Waals surface area contributed by atoms with E-state index in [4.69, 9.17) is 11.6 Å². The van der Waals surface area contributed by atoms with E-state index in [-0.39, 0.29) is 28.8 Å². The molecule has 2 rings (SSSR count). The van der Waals surface area contributed by atoms with Gasteiger partial charge in [-0.15, -0.1) is 11.3 Å². The Bertz CT molecular complexity index is 676. The van der Waals surface area contributed by atoms with Gasteiger partial charge in [-0.05, 0) is 30.6 Å². The molecule has 0 spiro atoms. The van der Waals surface area contributed by atoms with Crippen LogP contribution < -0.4 is 5.32 Å². The highest BCUT2D eigenvalue weighted by atomic mass is 35.5. The average molecular weight is 340 g/mol. The number of hydrogen-bond acceptors (Lipinski definition) is 5. The van der Waals surface area contributed by atoms with Gasteiger partial charge in [-0.2, -0.15) is 0 Å². The largest absolute Gasteiger partial charge is 0.319 e. The SMILES string of the molecule is CN(CC(=O)Nc1ccc(Cl)cc1[N+](=O)[O-])Cc1cccs1. The van der Waals surface area contributed by atoms with Gasteiger partial charge in [0.25, 0.3) is 5.69 Å². The summed E-state index contributed by atoms with van der Waals surface area (Å²) in [7, 11) is 1.82. The molecule has 0 radical (unpaired) electrons. The van der Waals surface area contributed by atoms with Gasteiger partial charge < -0.3 is 5.32 Å². The highest BCUT2D eigenvalue weighted by Crippen LogP contribution is 2.27. The molecule has 8 heteroatoms. The van der Waals surface area contributed by atoms with Crippen LogP contribution in [0.3, 0.4) is 0 Å². The smallest absolute Gasteiger partial charge is 0.294 e. The first-order chi connectivity index (χ1) is 10.5. The first-order valence-corrected chi connectivity index (χ1v) is 7.66. The van der Waals surface area contributed by atoms with Crippen LogP contribution in [-0.4, -0.2) is 29.3 Å². The molecule has 6 nitrogen and oxygen atoms in total. The number of benzene rings is 1. The molecule has 0 saturated carbocycles. The van der Waals surface area contributed by atoms with Crippen LogP contribution in [0.5, 0.6) is 0 Å². The van der Waals surface area contributed by atoms with E-state index < -0.39 is 4.92 Å². The van der Waals surface area contributed by atoms with E-state index in [1.807, 2.05) is 29.5 Å². The second-order valence-electron chi connectivity index (χ2n) is 4.72. The summed E-state index contributed by atoms with van der Waals surface area (Å²) in [4.78, 5) is 25.4. The van der Waals surface area contributed by atoms with Crippen molar-refractivity contribution in [3.8, 4) is 0 Å². The van der Waals surface area contributed by atoms with Gasteiger partial charge in [0.15, 0.2) is 0 Å². The highest BCUT2D eigenvalue weighted by molar-refractivity contribution is 7.09. The lowest BCUT2D eigenvalue weighted by Gasteiger charge is -2.15. The molecule has 0 atom stereocenters. The van der Waals surface area contributed by atoms with E-state index >= 15 is 0 Å². The van der Waals surface area contributed by atoms with E-state index in [9.17, 15) is 14.9 Å². The van der Waals surface area contributed by atoms with Crippen LogP contribution in [0.4, 0.5) is 11.4 Å². The number of nitrogens with zero attached hydrogens (tertiary/aromatic N) is 2. The minimum absolute atomic E-state index is 0.137. The van der Waals surface area contributed by atoms with Crippen molar-refractivity contribution in [2.75, 3.05) is 18.9 Å². The van der Waals surface area contributed by atoms with Crippen molar-refractivity contribution in [2.45, 2.75) is 6.54 Å². The van der Waals surface area contributed by atoms with Gasteiger partial charge in [0.05, 0.1) is 11.5 Å². The van der Waals surface area contributed by atoms with Crippen molar-refractivity contribution in [3.05, 3.63) is 55.7 Å². The molecule has 0 aliphatic rings. The maximum atomic E-state index is 12.0. The van der Waals surface area contributed by atoms with Gasteiger partial charge in [0.2, 0.25) is 5.91 Å². The quantitative estimate of drug-likeness (QED) is 0.646. The topological polar surface area (TPSA) is 75.5 Å². The number of likely N-dealkylation sites (N-methyl/N-ethyl adjacent to an activating group) is 1. The third-order valence-corrected chi connectivity index (χ3v) is 3.95. The van der Waals surface area contributed by atoms with Crippen molar-refractivity contribution in [2.24, 2.45) is 0 Å². The summed E-state index contributed by atoms with van der Waals surface area (Å²) < 4.78 is 0. The van der Waals surface area contributed by atoms with Crippen LogP contribution in [0.15, 0.2) is 35.7 Å². The molecule has 0 aliphatic carbocycles. The van der Waals surface area contributed by atoms with E-state index in [2.05, 4.69) is 5.32 Å². The lowest BCUT2D eigenvalue weighted by molar-refractivity contribution is -0.383. The standard InChI is InChI=1S/C14H14ClN3O3S/c1-17(8-11-3-2-6-22-11)9-14(19)16-12-5-4-10(15)7-13(12)18(20)21/h2-7H,8-9H2,1H3,(H,16,19). The minimum atomic E-state index is -0.573. The van der Waals surface area contributed by atoms with Crippen LogP contribution in [0.1, 0.15) is 4.88 Å². The number of thiophene rings is 1.